The molecule has 1 heterocycles. The summed E-state index contributed by atoms with van der Waals surface area (Å²) in [6.07, 6.45) is 2.58. The Labute approximate surface area is 85.2 Å². The van der Waals surface area contributed by atoms with Gasteiger partial charge in [-0.3, -0.25) is 0 Å². The van der Waals surface area contributed by atoms with Gasteiger partial charge in [0.15, 0.2) is 0 Å². The van der Waals surface area contributed by atoms with E-state index in [2.05, 4.69) is 5.10 Å². The number of aromatic nitrogens is 2. The van der Waals surface area contributed by atoms with Crippen LogP contribution in [0.5, 0.6) is 0 Å². The van der Waals surface area contributed by atoms with Crippen molar-refractivity contribution in [3.8, 4) is 0 Å². The van der Waals surface area contributed by atoms with Crippen molar-refractivity contribution in [2.24, 2.45) is 0 Å². The summed E-state index contributed by atoms with van der Waals surface area (Å²) in [5.41, 5.74) is 0.281. The van der Waals surface area contributed by atoms with E-state index >= 15 is 0 Å². The third-order valence-electron chi connectivity index (χ3n) is 1.37. The number of hydrogen-bond donors (Lipinski definition) is 0. The van der Waals surface area contributed by atoms with Gasteiger partial charge in [0.05, 0.1) is 0 Å². The second kappa shape index (κ2) is 3.66. The molecule has 1 aromatic rings. The molecule has 66 valence electrons. The summed E-state index contributed by atoms with van der Waals surface area (Å²) in [4.78, 5) is 10.8. The summed E-state index contributed by atoms with van der Waals surface area (Å²) in [7, 11) is -3.10. The fourth-order valence-electron chi connectivity index (χ4n) is 0.862. The molecule has 0 N–H and O–H groups in total. The summed E-state index contributed by atoms with van der Waals surface area (Å²) in [6, 6.07) is 1.49. The third-order valence-corrected chi connectivity index (χ3v) is 2.10. The molecule has 13 heavy (non-hydrogen) atoms. The second-order valence-electron chi connectivity index (χ2n) is 2.85. The molecule has 0 amide bonds. The van der Waals surface area contributed by atoms with Crippen LogP contribution in [-0.2, 0) is 15.7 Å². The summed E-state index contributed by atoms with van der Waals surface area (Å²) >= 11 is 1.38. The van der Waals surface area contributed by atoms with Gasteiger partial charge in [-0.05, 0) is 0 Å². The average molecular weight is 194 g/mol. The molecular formula is C6H7LiN2O3S. The number of carbonyl (C=O) groups is 1. The van der Waals surface area contributed by atoms with Crippen molar-refractivity contribution < 1.29 is 13.2 Å². The maximum atomic E-state index is 10.8. The molecule has 0 atom stereocenters. The Bertz CT molecular complexity index is 423. The Hall–Kier alpha value is -0.573. The molecular weight excluding hydrogens is 187 g/mol. The quantitative estimate of drug-likeness (QED) is 0.590. The topological polar surface area (TPSA) is 69.0 Å². The normalized spacial score (nSPS) is 11.6. The summed E-state index contributed by atoms with van der Waals surface area (Å²) in [5, 5.41) is 3.78. The first-order valence-corrected chi connectivity index (χ1v) is 5.66. The Morgan fingerprint density at radius 1 is 1.69 bits per heavy atom. The standard InChI is InChI=1S/C6H7N2O3S.Li/c1-12(10,11)5-8-3-2-6(4-9)7-8;/h2-3H,5H2,1H3;. The minimum atomic E-state index is -3.10. The van der Waals surface area contributed by atoms with Crippen molar-refractivity contribution in [1.29, 1.82) is 0 Å². The van der Waals surface area contributed by atoms with Gasteiger partial charge in [0.1, 0.15) is 0 Å². The van der Waals surface area contributed by atoms with Crippen molar-refractivity contribution >= 4 is 32.0 Å². The molecule has 1 rings (SSSR count). The van der Waals surface area contributed by atoms with Gasteiger partial charge in [-0.1, -0.05) is 0 Å². The minimum absolute atomic E-state index is 0.174. The monoisotopic (exact) mass is 194 g/mol. The van der Waals surface area contributed by atoms with Gasteiger partial charge < -0.3 is 0 Å². The van der Waals surface area contributed by atoms with Gasteiger partial charge in [-0.25, -0.2) is 0 Å². The van der Waals surface area contributed by atoms with Crippen molar-refractivity contribution in [3.05, 3.63) is 18.0 Å². The number of rotatable bonds is 3. The zero-order valence-corrected chi connectivity index (χ0v) is 8.21. The molecule has 0 saturated carbocycles. The van der Waals surface area contributed by atoms with E-state index in [1.165, 1.54) is 34.7 Å². The maximum absolute atomic E-state index is 10.8. The van der Waals surface area contributed by atoms with Crippen LogP contribution in [0.2, 0.25) is 0 Å². The van der Waals surface area contributed by atoms with Crippen LogP contribution in [0.3, 0.4) is 0 Å². The fourth-order valence-corrected chi connectivity index (χ4v) is 1.49. The van der Waals surface area contributed by atoms with Crippen LogP contribution >= 0.6 is 0 Å². The van der Waals surface area contributed by atoms with Crippen LogP contribution in [0.25, 0.3) is 0 Å². The molecule has 0 aliphatic heterocycles. The van der Waals surface area contributed by atoms with Crippen LogP contribution in [-0.4, -0.2) is 46.6 Å². The number of hydrogen-bond acceptors (Lipinski definition) is 4. The van der Waals surface area contributed by atoms with Gasteiger partial charge in [0, 0.05) is 0 Å². The molecule has 0 bridgehead atoms. The van der Waals surface area contributed by atoms with E-state index in [0.29, 0.717) is 0 Å². The van der Waals surface area contributed by atoms with E-state index in [-0.39, 0.29) is 16.0 Å². The van der Waals surface area contributed by atoms with Gasteiger partial charge >= 0.3 is 85.1 Å². The Morgan fingerprint density at radius 2 is 2.31 bits per heavy atom. The molecule has 5 nitrogen and oxygen atoms in total. The predicted octanol–water partition coefficient (Wildman–Crippen LogP) is -0.806. The molecule has 7 heteroatoms. The van der Waals surface area contributed by atoms with E-state index in [1.54, 1.807) is 0 Å². The fraction of sp³-hybridized carbons (Fsp3) is 0.333. The van der Waals surface area contributed by atoms with Crippen molar-refractivity contribution in [1.82, 2.24) is 9.78 Å². The van der Waals surface area contributed by atoms with Crippen molar-refractivity contribution in [3.63, 3.8) is 0 Å². The molecule has 0 aliphatic rings. The first-order chi connectivity index (χ1) is 5.88. The van der Waals surface area contributed by atoms with Crippen molar-refractivity contribution in [2.75, 3.05) is 6.26 Å². The zero-order valence-electron chi connectivity index (χ0n) is 7.39. The Kier molecular flexibility index (Phi) is 2.96. The van der Waals surface area contributed by atoms with Crippen LogP contribution < -0.4 is 0 Å². The summed E-state index contributed by atoms with van der Waals surface area (Å²) < 4.78 is 22.7. The van der Waals surface area contributed by atoms with E-state index in [0.717, 1.165) is 6.26 Å². The van der Waals surface area contributed by atoms with Gasteiger partial charge in [0.25, 0.3) is 0 Å². The molecule has 0 aliphatic carbocycles. The summed E-state index contributed by atoms with van der Waals surface area (Å²) in [6.45, 7) is 0. The van der Waals surface area contributed by atoms with Crippen LogP contribution in [0, 0.1) is 0 Å². The molecule has 0 saturated heterocycles. The van der Waals surface area contributed by atoms with Crippen LogP contribution in [0.1, 0.15) is 10.5 Å². The molecule has 0 spiro atoms. The van der Waals surface area contributed by atoms with E-state index < -0.39 is 9.84 Å². The van der Waals surface area contributed by atoms with Crippen LogP contribution in [0.4, 0.5) is 0 Å². The molecule has 0 fully saturated rings. The zero-order chi connectivity index (χ0) is 10.1. The van der Waals surface area contributed by atoms with Gasteiger partial charge in [-0.15, -0.1) is 0 Å². The third kappa shape index (κ3) is 3.34. The van der Waals surface area contributed by atoms with Crippen molar-refractivity contribution in [2.45, 2.75) is 5.88 Å². The van der Waals surface area contributed by atoms with E-state index in [9.17, 15) is 13.2 Å². The van der Waals surface area contributed by atoms with Gasteiger partial charge in [0.2, 0.25) is 0 Å². The number of carbonyl (C=O) groups excluding carboxylic acids is 1. The average Bonchev–Trinajstić information content (AvgIpc) is 2.31. The molecule has 0 unspecified atom stereocenters. The molecule has 0 radical (unpaired) electrons. The predicted molar refractivity (Wildman–Crippen MR) is 47.2 cm³/mol. The number of sulfone groups is 1. The van der Waals surface area contributed by atoms with Crippen LogP contribution in [0.15, 0.2) is 12.3 Å². The van der Waals surface area contributed by atoms with E-state index in [4.69, 9.17) is 0 Å². The Balaban J connectivity index is 2.87. The summed E-state index contributed by atoms with van der Waals surface area (Å²) in [5.74, 6) is -0.194. The Morgan fingerprint density at radius 3 is 2.69 bits per heavy atom. The first-order valence-electron chi connectivity index (χ1n) is 3.60. The van der Waals surface area contributed by atoms with Gasteiger partial charge in [-0.2, -0.15) is 0 Å². The second-order valence-corrected chi connectivity index (χ2v) is 4.96. The first kappa shape index (κ1) is 10.5. The SMILES string of the molecule is [Li][C](=O)c1ccn(CS(C)(=O)=O)n1. The molecule has 0 aromatic carbocycles. The number of nitrogens with zero attached hydrogens (tertiary/aromatic N) is 2. The molecule has 1 aromatic heterocycles. The van der Waals surface area contributed by atoms with E-state index in [1.807, 2.05) is 0 Å².